The van der Waals surface area contributed by atoms with Gasteiger partial charge in [-0.25, -0.2) is 9.37 Å². The predicted octanol–water partition coefficient (Wildman–Crippen LogP) is 2.82. The van der Waals surface area contributed by atoms with Gasteiger partial charge in [0.2, 0.25) is 0 Å². The van der Waals surface area contributed by atoms with Crippen LogP contribution in [0, 0.1) is 5.82 Å². The van der Waals surface area contributed by atoms with Gasteiger partial charge in [0.05, 0.1) is 23.8 Å². The molecule has 0 radical (unpaired) electrons. The summed E-state index contributed by atoms with van der Waals surface area (Å²) in [5, 5.41) is 0.713. The first-order valence-corrected chi connectivity index (χ1v) is 6.61. The summed E-state index contributed by atoms with van der Waals surface area (Å²) in [6.07, 6.45) is 1.44. The minimum absolute atomic E-state index is 0.215. The van der Waals surface area contributed by atoms with Gasteiger partial charge in [-0.15, -0.1) is 0 Å². The van der Waals surface area contributed by atoms with Crippen molar-refractivity contribution in [2.75, 3.05) is 5.73 Å². The van der Waals surface area contributed by atoms with Gasteiger partial charge in [-0.3, -0.25) is 9.36 Å². The molecule has 3 rings (SSSR count). The molecule has 2 N–H and O–H groups in total. The van der Waals surface area contributed by atoms with E-state index in [1.54, 1.807) is 24.3 Å². The standard InChI is InChI=1S/C15H11ClFN3O/c16-13-5-10(17)2-1-9(13)7-20-8-19-14-4-3-11(18)6-12(14)15(20)21/h1-6,8H,7,18H2. The van der Waals surface area contributed by atoms with Crippen molar-refractivity contribution in [3.8, 4) is 0 Å². The molecule has 0 aliphatic carbocycles. The third-order valence-electron chi connectivity index (χ3n) is 3.20. The molecule has 6 heteroatoms. The van der Waals surface area contributed by atoms with E-state index < -0.39 is 5.82 Å². The normalized spacial score (nSPS) is 11.0. The lowest BCUT2D eigenvalue weighted by molar-refractivity contribution is 0.626. The van der Waals surface area contributed by atoms with Crippen LogP contribution >= 0.6 is 11.6 Å². The maximum Gasteiger partial charge on any atom is 0.261 e. The summed E-state index contributed by atoms with van der Waals surface area (Å²) in [5.41, 5.74) is 7.20. The second-order valence-electron chi connectivity index (χ2n) is 4.69. The minimum atomic E-state index is -0.416. The summed E-state index contributed by atoms with van der Waals surface area (Å²) in [6, 6.07) is 9.05. The summed E-state index contributed by atoms with van der Waals surface area (Å²) >= 11 is 5.98. The highest BCUT2D eigenvalue weighted by Crippen LogP contribution is 2.18. The van der Waals surface area contributed by atoms with E-state index in [0.717, 1.165) is 0 Å². The number of aromatic nitrogens is 2. The third kappa shape index (κ3) is 2.60. The number of rotatable bonds is 2. The summed E-state index contributed by atoms with van der Waals surface area (Å²) in [4.78, 5) is 16.6. The predicted molar refractivity (Wildman–Crippen MR) is 80.9 cm³/mol. The van der Waals surface area contributed by atoms with Crippen molar-refractivity contribution in [1.82, 2.24) is 9.55 Å². The molecule has 0 saturated carbocycles. The molecule has 0 atom stereocenters. The van der Waals surface area contributed by atoms with E-state index in [0.29, 0.717) is 22.2 Å². The Labute approximate surface area is 124 Å². The highest BCUT2D eigenvalue weighted by Gasteiger charge is 2.08. The number of nitrogen functional groups attached to an aromatic ring is 1. The number of nitrogens with two attached hydrogens (primary N) is 1. The van der Waals surface area contributed by atoms with E-state index in [2.05, 4.69) is 4.98 Å². The Bertz CT molecular complexity index is 892. The van der Waals surface area contributed by atoms with Gasteiger partial charge >= 0.3 is 0 Å². The number of hydrogen-bond acceptors (Lipinski definition) is 3. The van der Waals surface area contributed by atoms with Crippen LogP contribution in [0.5, 0.6) is 0 Å². The Morgan fingerprint density at radius 3 is 2.81 bits per heavy atom. The number of anilines is 1. The van der Waals surface area contributed by atoms with Crippen molar-refractivity contribution in [2.45, 2.75) is 6.54 Å². The van der Waals surface area contributed by atoms with Crippen LogP contribution < -0.4 is 11.3 Å². The molecule has 0 fully saturated rings. The van der Waals surface area contributed by atoms with Crippen LogP contribution in [0.15, 0.2) is 47.5 Å². The van der Waals surface area contributed by atoms with E-state index >= 15 is 0 Å². The molecular weight excluding hydrogens is 293 g/mol. The number of halogens is 2. The van der Waals surface area contributed by atoms with Crippen LogP contribution in [-0.4, -0.2) is 9.55 Å². The number of fused-ring (bicyclic) bond motifs is 1. The maximum atomic E-state index is 13.0. The minimum Gasteiger partial charge on any atom is -0.399 e. The van der Waals surface area contributed by atoms with Crippen LogP contribution in [0.1, 0.15) is 5.56 Å². The molecule has 1 heterocycles. The maximum absolute atomic E-state index is 13.0. The molecule has 0 spiro atoms. The zero-order valence-corrected chi connectivity index (χ0v) is 11.6. The Morgan fingerprint density at radius 1 is 1.24 bits per heavy atom. The van der Waals surface area contributed by atoms with Crippen molar-refractivity contribution in [2.24, 2.45) is 0 Å². The first-order chi connectivity index (χ1) is 10.0. The van der Waals surface area contributed by atoms with Crippen LogP contribution in [0.4, 0.5) is 10.1 Å². The van der Waals surface area contributed by atoms with Gasteiger partial charge in [-0.1, -0.05) is 17.7 Å². The van der Waals surface area contributed by atoms with Gasteiger partial charge in [0.1, 0.15) is 5.82 Å². The monoisotopic (exact) mass is 303 g/mol. The molecule has 0 amide bonds. The van der Waals surface area contributed by atoms with Gasteiger partial charge in [0.15, 0.2) is 0 Å². The lowest BCUT2D eigenvalue weighted by Crippen LogP contribution is -2.21. The Hall–Kier alpha value is -2.40. The summed E-state index contributed by atoms with van der Waals surface area (Å²) in [7, 11) is 0. The molecule has 2 aromatic carbocycles. The molecule has 0 unspecified atom stereocenters. The second kappa shape index (κ2) is 5.18. The topological polar surface area (TPSA) is 60.9 Å². The summed E-state index contributed by atoms with van der Waals surface area (Å²) in [5.74, 6) is -0.416. The SMILES string of the molecule is Nc1ccc2ncn(Cc3ccc(F)cc3Cl)c(=O)c2c1. The third-order valence-corrected chi connectivity index (χ3v) is 3.56. The van der Waals surface area contributed by atoms with Crippen LogP contribution in [0.25, 0.3) is 10.9 Å². The fourth-order valence-corrected chi connectivity index (χ4v) is 2.35. The zero-order valence-electron chi connectivity index (χ0n) is 10.9. The van der Waals surface area contributed by atoms with Crippen LogP contribution in [-0.2, 0) is 6.54 Å². The summed E-state index contributed by atoms with van der Waals surface area (Å²) < 4.78 is 14.5. The molecule has 21 heavy (non-hydrogen) atoms. The highest BCUT2D eigenvalue weighted by atomic mass is 35.5. The molecule has 3 aromatic rings. The molecule has 4 nitrogen and oxygen atoms in total. The van der Waals surface area contributed by atoms with E-state index in [1.165, 1.54) is 23.0 Å². The number of hydrogen-bond donors (Lipinski definition) is 1. The van der Waals surface area contributed by atoms with Crippen molar-refractivity contribution >= 4 is 28.2 Å². The largest absolute Gasteiger partial charge is 0.399 e. The first-order valence-electron chi connectivity index (χ1n) is 6.23. The highest BCUT2D eigenvalue weighted by molar-refractivity contribution is 6.31. The number of nitrogens with zero attached hydrogens (tertiary/aromatic N) is 2. The van der Waals surface area contributed by atoms with Gasteiger partial charge in [0.25, 0.3) is 5.56 Å². The Morgan fingerprint density at radius 2 is 2.05 bits per heavy atom. The fourth-order valence-electron chi connectivity index (χ4n) is 2.12. The van der Waals surface area contributed by atoms with Gasteiger partial charge in [0, 0.05) is 10.7 Å². The Balaban J connectivity index is 2.09. The van der Waals surface area contributed by atoms with Gasteiger partial charge in [-0.2, -0.15) is 0 Å². The molecule has 1 aromatic heterocycles. The van der Waals surface area contributed by atoms with Gasteiger partial charge < -0.3 is 5.73 Å². The molecule has 106 valence electrons. The lowest BCUT2D eigenvalue weighted by Gasteiger charge is -2.08. The van der Waals surface area contributed by atoms with Crippen molar-refractivity contribution in [3.63, 3.8) is 0 Å². The van der Waals surface area contributed by atoms with Crippen molar-refractivity contribution in [3.05, 3.63) is 69.5 Å². The van der Waals surface area contributed by atoms with E-state index in [9.17, 15) is 9.18 Å². The van der Waals surface area contributed by atoms with Crippen LogP contribution in [0.2, 0.25) is 5.02 Å². The van der Waals surface area contributed by atoms with E-state index in [-0.39, 0.29) is 17.1 Å². The quantitative estimate of drug-likeness (QED) is 0.741. The smallest absolute Gasteiger partial charge is 0.261 e. The van der Waals surface area contributed by atoms with Crippen molar-refractivity contribution < 1.29 is 4.39 Å². The average Bonchev–Trinajstić information content (AvgIpc) is 2.45. The zero-order chi connectivity index (χ0) is 15.0. The molecule has 0 bridgehead atoms. The Kier molecular flexibility index (Phi) is 3.35. The number of benzene rings is 2. The average molecular weight is 304 g/mol. The first kappa shape index (κ1) is 13.6. The molecule has 0 saturated heterocycles. The van der Waals surface area contributed by atoms with E-state index in [1.807, 2.05) is 0 Å². The van der Waals surface area contributed by atoms with Crippen molar-refractivity contribution in [1.29, 1.82) is 0 Å². The molecular formula is C15H11ClFN3O. The van der Waals surface area contributed by atoms with Gasteiger partial charge in [-0.05, 0) is 35.9 Å². The van der Waals surface area contributed by atoms with E-state index in [4.69, 9.17) is 17.3 Å². The molecule has 0 aliphatic rings. The van der Waals surface area contributed by atoms with Crippen LogP contribution in [0.3, 0.4) is 0 Å². The summed E-state index contributed by atoms with van der Waals surface area (Å²) in [6.45, 7) is 0.218. The molecule has 0 aliphatic heterocycles. The lowest BCUT2D eigenvalue weighted by atomic mass is 10.2. The fraction of sp³-hybridized carbons (Fsp3) is 0.0667. The second-order valence-corrected chi connectivity index (χ2v) is 5.10.